The van der Waals surface area contributed by atoms with Crippen molar-refractivity contribution in [2.45, 2.75) is 25.2 Å². The van der Waals surface area contributed by atoms with E-state index in [1.54, 1.807) is 6.20 Å². The average molecular weight is 329 g/mol. The van der Waals surface area contributed by atoms with Gasteiger partial charge in [-0.25, -0.2) is 14.4 Å². The molecule has 0 unspecified atom stereocenters. The van der Waals surface area contributed by atoms with Gasteiger partial charge in [-0.15, -0.1) is 0 Å². The molecule has 4 rings (SSSR count). The number of rotatable bonds is 4. The SMILES string of the molecule is Fc1cnc(N2CCN3C[C@H](OCc4cccnc4)C[C@H]3C2)nc1. The second-order valence-electron chi connectivity index (χ2n) is 6.33. The summed E-state index contributed by atoms with van der Waals surface area (Å²) >= 11 is 0. The van der Waals surface area contributed by atoms with E-state index in [4.69, 9.17) is 4.74 Å². The standard InChI is InChI=1S/C17H20FN5O/c18-14-8-20-17(21-9-14)23-5-4-22-11-16(6-15(22)10-23)24-12-13-2-1-3-19-7-13/h1-3,7-9,15-16H,4-6,10-12H2/t15-,16+/m0/s1. The molecule has 7 heteroatoms. The number of hydrogen-bond donors (Lipinski definition) is 0. The maximum absolute atomic E-state index is 13.0. The Bertz CT molecular complexity index is 668. The molecule has 126 valence electrons. The molecule has 2 fully saturated rings. The summed E-state index contributed by atoms with van der Waals surface area (Å²) in [4.78, 5) is 16.9. The van der Waals surface area contributed by atoms with Crippen molar-refractivity contribution in [1.82, 2.24) is 19.9 Å². The van der Waals surface area contributed by atoms with Gasteiger partial charge in [0.25, 0.3) is 0 Å². The van der Waals surface area contributed by atoms with E-state index in [1.807, 2.05) is 18.3 Å². The summed E-state index contributed by atoms with van der Waals surface area (Å²) in [5.41, 5.74) is 1.10. The minimum atomic E-state index is -0.401. The summed E-state index contributed by atoms with van der Waals surface area (Å²) in [6.45, 7) is 4.24. The van der Waals surface area contributed by atoms with Gasteiger partial charge >= 0.3 is 0 Å². The molecule has 0 bridgehead atoms. The Labute approximate surface area is 140 Å². The van der Waals surface area contributed by atoms with Crippen LogP contribution in [-0.2, 0) is 11.3 Å². The number of ether oxygens (including phenoxy) is 1. The van der Waals surface area contributed by atoms with E-state index in [0.29, 0.717) is 18.6 Å². The number of hydrogen-bond acceptors (Lipinski definition) is 6. The van der Waals surface area contributed by atoms with Crippen LogP contribution < -0.4 is 4.90 Å². The fourth-order valence-electron chi connectivity index (χ4n) is 3.47. The lowest BCUT2D eigenvalue weighted by molar-refractivity contribution is 0.0468. The van der Waals surface area contributed by atoms with Crippen LogP contribution in [0.25, 0.3) is 0 Å². The van der Waals surface area contributed by atoms with Gasteiger partial charge in [0.1, 0.15) is 0 Å². The molecule has 6 nitrogen and oxygen atoms in total. The zero-order valence-electron chi connectivity index (χ0n) is 13.4. The second-order valence-corrected chi connectivity index (χ2v) is 6.33. The van der Waals surface area contributed by atoms with Gasteiger partial charge in [-0.3, -0.25) is 9.88 Å². The first-order valence-corrected chi connectivity index (χ1v) is 8.25. The molecule has 0 radical (unpaired) electrons. The Kier molecular flexibility index (Phi) is 4.36. The molecule has 2 aliphatic heterocycles. The largest absolute Gasteiger partial charge is 0.372 e. The van der Waals surface area contributed by atoms with Crippen LogP contribution in [0.5, 0.6) is 0 Å². The molecule has 0 saturated carbocycles. The summed E-state index contributed by atoms with van der Waals surface area (Å²) in [6.07, 6.45) is 7.30. The third-order valence-electron chi connectivity index (χ3n) is 4.68. The zero-order chi connectivity index (χ0) is 16.4. The highest BCUT2D eigenvalue weighted by Gasteiger charge is 2.37. The lowest BCUT2D eigenvalue weighted by Crippen LogP contribution is -2.50. The van der Waals surface area contributed by atoms with Crippen LogP contribution >= 0.6 is 0 Å². The van der Waals surface area contributed by atoms with Gasteiger partial charge in [0, 0.05) is 44.6 Å². The Balaban J connectivity index is 1.33. The smallest absolute Gasteiger partial charge is 0.225 e. The molecule has 0 spiro atoms. The van der Waals surface area contributed by atoms with Crippen LogP contribution in [0.1, 0.15) is 12.0 Å². The summed E-state index contributed by atoms with van der Waals surface area (Å²) in [6, 6.07) is 4.39. The zero-order valence-corrected chi connectivity index (χ0v) is 13.4. The number of piperazine rings is 1. The quantitative estimate of drug-likeness (QED) is 0.847. The predicted molar refractivity (Wildman–Crippen MR) is 87.0 cm³/mol. The molecular formula is C17H20FN5O. The minimum Gasteiger partial charge on any atom is -0.372 e. The molecule has 2 aliphatic rings. The summed E-state index contributed by atoms with van der Waals surface area (Å²) < 4.78 is 19.0. The monoisotopic (exact) mass is 329 g/mol. The minimum absolute atomic E-state index is 0.240. The first-order valence-electron chi connectivity index (χ1n) is 8.25. The van der Waals surface area contributed by atoms with Crippen molar-refractivity contribution in [1.29, 1.82) is 0 Å². The number of aromatic nitrogens is 3. The molecule has 0 aromatic carbocycles. The maximum Gasteiger partial charge on any atom is 0.225 e. The predicted octanol–water partition coefficient (Wildman–Crippen LogP) is 1.49. The molecule has 24 heavy (non-hydrogen) atoms. The highest BCUT2D eigenvalue weighted by Crippen LogP contribution is 2.26. The highest BCUT2D eigenvalue weighted by molar-refractivity contribution is 5.30. The van der Waals surface area contributed by atoms with E-state index >= 15 is 0 Å². The lowest BCUT2D eigenvalue weighted by atomic mass is 10.1. The highest BCUT2D eigenvalue weighted by atomic mass is 19.1. The van der Waals surface area contributed by atoms with Crippen molar-refractivity contribution in [2.24, 2.45) is 0 Å². The third-order valence-corrected chi connectivity index (χ3v) is 4.68. The van der Waals surface area contributed by atoms with E-state index in [9.17, 15) is 4.39 Å². The average Bonchev–Trinajstić information content (AvgIpc) is 3.03. The van der Waals surface area contributed by atoms with Crippen molar-refractivity contribution in [3.05, 3.63) is 48.3 Å². The number of anilines is 1. The molecule has 2 aromatic rings. The van der Waals surface area contributed by atoms with Crippen LogP contribution in [0.3, 0.4) is 0 Å². The van der Waals surface area contributed by atoms with E-state index < -0.39 is 5.82 Å². The molecule has 0 aliphatic carbocycles. The molecule has 4 heterocycles. The third kappa shape index (κ3) is 3.37. The van der Waals surface area contributed by atoms with Gasteiger partial charge in [0.05, 0.1) is 25.1 Å². The number of pyridine rings is 1. The Morgan fingerprint density at radius 3 is 2.83 bits per heavy atom. The van der Waals surface area contributed by atoms with Gasteiger partial charge < -0.3 is 9.64 Å². The van der Waals surface area contributed by atoms with Crippen LogP contribution in [0.2, 0.25) is 0 Å². The van der Waals surface area contributed by atoms with E-state index in [-0.39, 0.29) is 6.10 Å². The summed E-state index contributed by atoms with van der Waals surface area (Å²) in [5.74, 6) is 0.206. The number of fused-ring (bicyclic) bond motifs is 1. The van der Waals surface area contributed by atoms with Gasteiger partial charge in [-0.2, -0.15) is 0 Å². The Morgan fingerprint density at radius 1 is 1.17 bits per heavy atom. The van der Waals surface area contributed by atoms with E-state index in [2.05, 4.69) is 24.8 Å². The van der Waals surface area contributed by atoms with Crippen molar-refractivity contribution in [3.63, 3.8) is 0 Å². The lowest BCUT2D eigenvalue weighted by Gasteiger charge is -2.37. The maximum atomic E-state index is 13.0. The Morgan fingerprint density at radius 2 is 2.04 bits per heavy atom. The summed E-state index contributed by atoms with van der Waals surface area (Å²) in [5, 5.41) is 0. The van der Waals surface area contributed by atoms with Crippen LogP contribution in [0.4, 0.5) is 10.3 Å². The van der Waals surface area contributed by atoms with E-state index in [0.717, 1.165) is 38.2 Å². The van der Waals surface area contributed by atoms with Crippen molar-refractivity contribution in [3.8, 4) is 0 Å². The molecule has 0 N–H and O–H groups in total. The van der Waals surface area contributed by atoms with Gasteiger partial charge in [-0.1, -0.05) is 6.07 Å². The first kappa shape index (κ1) is 15.4. The molecule has 2 saturated heterocycles. The number of nitrogens with zero attached hydrogens (tertiary/aromatic N) is 5. The van der Waals surface area contributed by atoms with Crippen molar-refractivity contribution < 1.29 is 9.13 Å². The fraction of sp³-hybridized carbons (Fsp3) is 0.471. The Hall–Kier alpha value is -2.12. The molecule has 2 aromatic heterocycles. The van der Waals surface area contributed by atoms with Crippen LogP contribution in [0.15, 0.2) is 36.9 Å². The first-order chi connectivity index (χ1) is 11.8. The number of halogens is 1. The van der Waals surface area contributed by atoms with Crippen molar-refractivity contribution >= 4 is 5.95 Å². The fourth-order valence-corrected chi connectivity index (χ4v) is 3.47. The van der Waals surface area contributed by atoms with Gasteiger partial charge in [0.2, 0.25) is 5.95 Å². The topological polar surface area (TPSA) is 54.4 Å². The second kappa shape index (κ2) is 6.78. The molecule has 2 atom stereocenters. The van der Waals surface area contributed by atoms with Crippen molar-refractivity contribution in [2.75, 3.05) is 31.1 Å². The van der Waals surface area contributed by atoms with Crippen LogP contribution in [0, 0.1) is 5.82 Å². The van der Waals surface area contributed by atoms with E-state index in [1.165, 1.54) is 12.4 Å². The molecular weight excluding hydrogens is 309 g/mol. The summed E-state index contributed by atoms with van der Waals surface area (Å²) in [7, 11) is 0. The normalized spacial score (nSPS) is 24.1. The van der Waals surface area contributed by atoms with Gasteiger partial charge in [-0.05, 0) is 18.1 Å². The van der Waals surface area contributed by atoms with Crippen LogP contribution in [-0.4, -0.2) is 58.2 Å². The van der Waals surface area contributed by atoms with Gasteiger partial charge in [0.15, 0.2) is 5.82 Å². The molecule has 0 amide bonds.